The SMILES string of the molecule is Cl.O=C(c1nn(-c2ccccc2)c2c1CCC2)N1CCC(N2CCNCC2)C1. The molecule has 1 aromatic heterocycles. The maximum Gasteiger partial charge on any atom is 0.274 e. The van der Waals surface area contributed by atoms with Crippen LogP contribution in [-0.4, -0.2) is 70.8 Å². The van der Waals surface area contributed by atoms with E-state index in [4.69, 9.17) is 5.10 Å². The van der Waals surface area contributed by atoms with Gasteiger partial charge in [-0.25, -0.2) is 4.68 Å². The van der Waals surface area contributed by atoms with Crippen LogP contribution in [0.15, 0.2) is 30.3 Å². The molecule has 3 aliphatic rings. The van der Waals surface area contributed by atoms with Crippen LogP contribution in [0.3, 0.4) is 0 Å². The van der Waals surface area contributed by atoms with Crippen molar-refractivity contribution < 1.29 is 4.79 Å². The molecule has 1 atom stereocenters. The second-order valence-electron chi connectivity index (χ2n) is 7.85. The summed E-state index contributed by atoms with van der Waals surface area (Å²) in [6.07, 6.45) is 4.17. The molecular weight excluding hydrogens is 374 g/mol. The van der Waals surface area contributed by atoms with Gasteiger partial charge in [0.15, 0.2) is 5.69 Å². The summed E-state index contributed by atoms with van der Waals surface area (Å²) < 4.78 is 2.00. The molecule has 3 heterocycles. The number of fused-ring (bicyclic) bond motifs is 1. The lowest BCUT2D eigenvalue weighted by Crippen LogP contribution is -2.49. The lowest BCUT2D eigenvalue weighted by Gasteiger charge is -2.32. The number of para-hydroxylation sites is 1. The van der Waals surface area contributed by atoms with Gasteiger partial charge in [0.2, 0.25) is 0 Å². The van der Waals surface area contributed by atoms with Gasteiger partial charge < -0.3 is 10.2 Å². The molecule has 1 aromatic carbocycles. The van der Waals surface area contributed by atoms with Crippen molar-refractivity contribution in [3.05, 3.63) is 47.3 Å². The molecule has 2 fully saturated rings. The minimum atomic E-state index is 0. The van der Waals surface area contributed by atoms with E-state index in [1.165, 1.54) is 11.3 Å². The van der Waals surface area contributed by atoms with Crippen molar-refractivity contribution in [3.8, 4) is 5.69 Å². The standard InChI is InChI=1S/C21H27N5O.ClH/c27-21(25-12-9-17(15-25)24-13-10-22-11-14-24)20-18-7-4-8-19(18)26(23-20)16-5-2-1-3-6-16;/h1-3,5-6,17,22H,4,7-15H2;1H. The van der Waals surface area contributed by atoms with Crippen molar-refractivity contribution in [3.63, 3.8) is 0 Å². The molecule has 7 heteroatoms. The van der Waals surface area contributed by atoms with Gasteiger partial charge in [-0.05, 0) is 37.8 Å². The summed E-state index contributed by atoms with van der Waals surface area (Å²) in [4.78, 5) is 17.9. The molecule has 5 rings (SSSR count). The quantitative estimate of drug-likeness (QED) is 0.853. The highest BCUT2D eigenvalue weighted by Gasteiger charge is 2.35. The Morgan fingerprint density at radius 2 is 1.86 bits per heavy atom. The monoisotopic (exact) mass is 401 g/mol. The zero-order chi connectivity index (χ0) is 18.2. The highest BCUT2D eigenvalue weighted by atomic mass is 35.5. The molecule has 2 aliphatic heterocycles. The predicted octanol–water partition coefficient (Wildman–Crippen LogP) is 1.90. The highest BCUT2D eigenvalue weighted by molar-refractivity contribution is 5.94. The van der Waals surface area contributed by atoms with Crippen molar-refractivity contribution in [1.29, 1.82) is 0 Å². The minimum Gasteiger partial charge on any atom is -0.336 e. The van der Waals surface area contributed by atoms with E-state index in [0.29, 0.717) is 11.7 Å². The molecule has 0 bridgehead atoms. The van der Waals surface area contributed by atoms with Gasteiger partial charge in [-0.2, -0.15) is 5.10 Å². The van der Waals surface area contributed by atoms with Crippen LogP contribution in [0.4, 0.5) is 0 Å². The topological polar surface area (TPSA) is 53.4 Å². The van der Waals surface area contributed by atoms with Crippen molar-refractivity contribution >= 4 is 18.3 Å². The zero-order valence-electron chi connectivity index (χ0n) is 16.1. The third kappa shape index (κ3) is 3.45. The Kier molecular flexibility index (Phi) is 5.71. The minimum absolute atomic E-state index is 0. The van der Waals surface area contributed by atoms with Gasteiger partial charge >= 0.3 is 0 Å². The molecule has 1 aliphatic carbocycles. The number of piperazine rings is 1. The average molecular weight is 402 g/mol. The number of aromatic nitrogens is 2. The van der Waals surface area contributed by atoms with Crippen molar-refractivity contribution in [2.45, 2.75) is 31.7 Å². The zero-order valence-corrected chi connectivity index (χ0v) is 17.0. The number of nitrogens with one attached hydrogen (secondary N) is 1. The van der Waals surface area contributed by atoms with Crippen molar-refractivity contribution in [1.82, 2.24) is 24.9 Å². The molecular formula is C21H28ClN5O. The summed E-state index contributed by atoms with van der Waals surface area (Å²) in [6, 6.07) is 10.7. The van der Waals surface area contributed by atoms with Crippen LogP contribution >= 0.6 is 12.4 Å². The summed E-state index contributed by atoms with van der Waals surface area (Å²) in [7, 11) is 0. The third-order valence-corrected chi connectivity index (χ3v) is 6.25. The van der Waals surface area contributed by atoms with Crippen LogP contribution in [0.1, 0.15) is 34.6 Å². The molecule has 1 unspecified atom stereocenters. The summed E-state index contributed by atoms with van der Waals surface area (Å²) >= 11 is 0. The van der Waals surface area contributed by atoms with Gasteiger partial charge in [0.1, 0.15) is 0 Å². The number of hydrogen-bond acceptors (Lipinski definition) is 4. The van der Waals surface area contributed by atoms with Crippen LogP contribution in [-0.2, 0) is 12.8 Å². The molecule has 6 nitrogen and oxygen atoms in total. The second kappa shape index (κ2) is 8.23. The third-order valence-electron chi connectivity index (χ3n) is 6.25. The lowest BCUT2D eigenvalue weighted by atomic mass is 10.2. The van der Waals surface area contributed by atoms with E-state index in [1.54, 1.807) is 0 Å². The Bertz CT molecular complexity index is 831. The molecule has 0 spiro atoms. The van der Waals surface area contributed by atoms with Gasteiger partial charge in [-0.15, -0.1) is 12.4 Å². The Morgan fingerprint density at radius 3 is 2.64 bits per heavy atom. The molecule has 0 saturated carbocycles. The molecule has 28 heavy (non-hydrogen) atoms. The van der Waals surface area contributed by atoms with Gasteiger partial charge in [0.25, 0.3) is 5.91 Å². The molecule has 1 amide bonds. The number of halogens is 1. The number of carbonyl (C=O) groups excluding carboxylic acids is 1. The van der Waals surface area contributed by atoms with E-state index in [-0.39, 0.29) is 18.3 Å². The molecule has 150 valence electrons. The first-order valence-corrected chi connectivity index (χ1v) is 10.2. The van der Waals surface area contributed by atoms with Gasteiger partial charge in [0, 0.05) is 56.6 Å². The Hall–Kier alpha value is -1.89. The Morgan fingerprint density at radius 1 is 1.07 bits per heavy atom. The maximum absolute atomic E-state index is 13.3. The predicted molar refractivity (Wildman–Crippen MR) is 112 cm³/mol. The summed E-state index contributed by atoms with van der Waals surface area (Å²) in [6.45, 7) is 5.97. The smallest absolute Gasteiger partial charge is 0.274 e. The van der Waals surface area contributed by atoms with Crippen LogP contribution < -0.4 is 5.32 Å². The van der Waals surface area contributed by atoms with E-state index in [9.17, 15) is 4.79 Å². The van der Waals surface area contributed by atoms with Crippen molar-refractivity contribution in [2.75, 3.05) is 39.3 Å². The number of hydrogen-bond donors (Lipinski definition) is 1. The van der Waals surface area contributed by atoms with Crippen LogP contribution in [0.5, 0.6) is 0 Å². The largest absolute Gasteiger partial charge is 0.336 e. The molecule has 1 N–H and O–H groups in total. The fourth-order valence-corrected chi connectivity index (χ4v) is 4.81. The van der Waals surface area contributed by atoms with Gasteiger partial charge in [0.05, 0.1) is 5.69 Å². The maximum atomic E-state index is 13.3. The first kappa shape index (κ1) is 19.4. The van der Waals surface area contributed by atoms with Gasteiger partial charge in [-0.1, -0.05) is 18.2 Å². The summed E-state index contributed by atoms with van der Waals surface area (Å²) in [5, 5.41) is 8.20. The number of carbonyl (C=O) groups is 1. The molecule has 2 saturated heterocycles. The fourth-order valence-electron chi connectivity index (χ4n) is 4.81. The summed E-state index contributed by atoms with van der Waals surface area (Å²) in [5.74, 6) is 0.125. The number of nitrogens with zero attached hydrogens (tertiary/aromatic N) is 4. The Balaban J connectivity index is 0.00000192. The number of likely N-dealkylation sites (tertiary alicyclic amines) is 1. The van der Waals surface area contributed by atoms with E-state index in [2.05, 4.69) is 22.3 Å². The fraction of sp³-hybridized carbons (Fsp3) is 0.524. The average Bonchev–Trinajstić information content (AvgIpc) is 3.45. The van der Waals surface area contributed by atoms with Crippen LogP contribution in [0, 0.1) is 0 Å². The van der Waals surface area contributed by atoms with Crippen LogP contribution in [0.25, 0.3) is 5.69 Å². The number of amides is 1. The normalized spacial score (nSPS) is 22.1. The number of rotatable bonds is 3. The first-order chi connectivity index (χ1) is 13.3. The number of benzene rings is 1. The first-order valence-electron chi connectivity index (χ1n) is 10.2. The van der Waals surface area contributed by atoms with Crippen LogP contribution in [0.2, 0.25) is 0 Å². The second-order valence-corrected chi connectivity index (χ2v) is 7.85. The summed E-state index contributed by atoms with van der Waals surface area (Å²) in [5.41, 5.74) is 4.14. The van der Waals surface area contributed by atoms with E-state index >= 15 is 0 Å². The lowest BCUT2D eigenvalue weighted by molar-refractivity contribution is 0.0766. The highest BCUT2D eigenvalue weighted by Crippen LogP contribution is 2.29. The van der Waals surface area contributed by atoms with E-state index < -0.39 is 0 Å². The van der Waals surface area contributed by atoms with Gasteiger partial charge in [-0.3, -0.25) is 9.69 Å². The van der Waals surface area contributed by atoms with Crippen molar-refractivity contribution in [2.24, 2.45) is 0 Å². The Labute approximate surface area is 172 Å². The van der Waals surface area contributed by atoms with E-state index in [1.807, 2.05) is 27.8 Å². The molecule has 0 radical (unpaired) electrons. The van der Waals surface area contributed by atoms with E-state index in [0.717, 1.165) is 70.6 Å². The molecule has 2 aromatic rings.